The zero-order chi connectivity index (χ0) is 6.81. The molecule has 0 amide bonds. The molecule has 2 rings (SSSR count). The van der Waals surface area contributed by atoms with Crippen LogP contribution in [-0.4, -0.2) is 6.04 Å². The Labute approximate surface area is 61.1 Å². The lowest BCUT2D eigenvalue weighted by atomic mass is 9.94. The first-order valence-electron chi connectivity index (χ1n) is 3.76. The van der Waals surface area contributed by atoms with Crippen molar-refractivity contribution in [3.63, 3.8) is 0 Å². The number of hydrogen-bond acceptors (Lipinski definition) is 1. The Morgan fingerprint density at radius 1 is 1.50 bits per heavy atom. The highest BCUT2D eigenvalue weighted by atomic mass is 14.9. The van der Waals surface area contributed by atoms with E-state index in [1.165, 1.54) is 18.4 Å². The van der Waals surface area contributed by atoms with Gasteiger partial charge in [-0.1, -0.05) is 18.2 Å². The van der Waals surface area contributed by atoms with Gasteiger partial charge in [0.2, 0.25) is 0 Å². The van der Waals surface area contributed by atoms with E-state index in [9.17, 15) is 0 Å². The Balaban J connectivity index is 2.27. The van der Waals surface area contributed by atoms with Crippen molar-refractivity contribution in [2.75, 3.05) is 0 Å². The van der Waals surface area contributed by atoms with Gasteiger partial charge in [0.1, 0.15) is 0 Å². The maximum Gasteiger partial charge on any atom is 0.0511 e. The van der Waals surface area contributed by atoms with Crippen molar-refractivity contribution in [3.05, 3.63) is 36.1 Å². The first-order chi connectivity index (χ1) is 4.97. The van der Waals surface area contributed by atoms with Crippen molar-refractivity contribution < 1.29 is 0 Å². The average molecular weight is 133 g/mol. The molecule has 0 aromatic heterocycles. The van der Waals surface area contributed by atoms with Gasteiger partial charge in [0.15, 0.2) is 0 Å². The van der Waals surface area contributed by atoms with Crippen LogP contribution < -0.4 is 5.32 Å². The van der Waals surface area contributed by atoms with E-state index in [1.54, 1.807) is 0 Å². The number of fused-ring (bicyclic) bond motifs is 1. The second-order valence-electron chi connectivity index (χ2n) is 2.72. The summed E-state index contributed by atoms with van der Waals surface area (Å²) in [5, 5.41) is 3.32. The molecule has 0 fully saturated rings. The van der Waals surface area contributed by atoms with Gasteiger partial charge in [0.25, 0.3) is 0 Å². The fourth-order valence-corrected chi connectivity index (χ4v) is 1.45. The highest BCUT2D eigenvalue weighted by Gasteiger charge is 2.13. The van der Waals surface area contributed by atoms with E-state index < -0.39 is 0 Å². The van der Waals surface area contributed by atoms with Crippen LogP contribution in [0.1, 0.15) is 12.8 Å². The zero-order valence-corrected chi connectivity index (χ0v) is 5.88. The van der Waals surface area contributed by atoms with Crippen LogP contribution in [0.2, 0.25) is 0 Å². The van der Waals surface area contributed by atoms with Crippen molar-refractivity contribution in [3.8, 4) is 0 Å². The fourth-order valence-electron chi connectivity index (χ4n) is 1.45. The van der Waals surface area contributed by atoms with Crippen molar-refractivity contribution in [1.82, 2.24) is 5.32 Å². The highest BCUT2D eigenvalue weighted by molar-refractivity contribution is 5.34. The monoisotopic (exact) mass is 133 g/mol. The van der Waals surface area contributed by atoms with Crippen molar-refractivity contribution in [2.24, 2.45) is 0 Å². The fraction of sp³-hybridized carbons (Fsp3) is 0.333. The molecule has 2 aliphatic rings. The molecule has 0 saturated heterocycles. The van der Waals surface area contributed by atoms with Crippen molar-refractivity contribution in [2.45, 2.75) is 18.9 Å². The highest BCUT2D eigenvalue weighted by Crippen LogP contribution is 2.18. The molecule has 0 saturated carbocycles. The van der Waals surface area contributed by atoms with Crippen LogP contribution in [0.3, 0.4) is 0 Å². The van der Waals surface area contributed by atoms with Crippen LogP contribution in [-0.2, 0) is 0 Å². The Bertz CT molecular complexity index is 211. The summed E-state index contributed by atoms with van der Waals surface area (Å²) >= 11 is 0. The van der Waals surface area contributed by atoms with Crippen LogP contribution in [0, 0.1) is 0 Å². The zero-order valence-electron chi connectivity index (χ0n) is 5.88. The van der Waals surface area contributed by atoms with Gasteiger partial charge in [-0.05, 0) is 30.7 Å². The molecule has 1 aliphatic carbocycles. The quantitative estimate of drug-likeness (QED) is 0.531. The molecular weight excluding hydrogens is 122 g/mol. The largest absolute Gasteiger partial charge is 0.384 e. The standard InChI is InChI=1S/C9H11N/c1-2-6-9-8(4-1)5-3-7-10-9/h1,3-5,7,9-10H,2,6H2. The summed E-state index contributed by atoms with van der Waals surface area (Å²) in [4.78, 5) is 0. The molecule has 0 radical (unpaired) electrons. The molecule has 0 bridgehead atoms. The summed E-state index contributed by atoms with van der Waals surface area (Å²) in [6, 6.07) is 0.593. The molecule has 1 nitrogen and oxygen atoms in total. The lowest BCUT2D eigenvalue weighted by molar-refractivity contribution is 0.607. The second kappa shape index (κ2) is 2.33. The summed E-state index contributed by atoms with van der Waals surface area (Å²) in [6.45, 7) is 0. The predicted molar refractivity (Wildman–Crippen MR) is 42.5 cm³/mol. The molecular formula is C9H11N. The molecule has 1 N–H and O–H groups in total. The number of hydrogen-bond donors (Lipinski definition) is 1. The number of dihydropyridines is 1. The molecule has 1 heteroatoms. The Kier molecular flexibility index (Phi) is 1.35. The maximum atomic E-state index is 3.32. The van der Waals surface area contributed by atoms with Gasteiger partial charge >= 0.3 is 0 Å². The van der Waals surface area contributed by atoms with E-state index in [4.69, 9.17) is 0 Å². The van der Waals surface area contributed by atoms with Gasteiger partial charge in [0.05, 0.1) is 6.04 Å². The minimum Gasteiger partial charge on any atom is -0.384 e. The lowest BCUT2D eigenvalue weighted by Crippen LogP contribution is -2.28. The predicted octanol–water partition coefficient (Wildman–Crippen LogP) is 1.75. The normalized spacial score (nSPS) is 28.8. The summed E-state index contributed by atoms with van der Waals surface area (Å²) in [6.07, 6.45) is 13.2. The first kappa shape index (κ1) is 5.78. The van der Waals surface area contributed by atoms with Crippen LogP contribution in [0.4, 0.5) is 0 Å². The summed E-state index contributed by atoms with van der Waals surface area (Å²) in [5.41, 5.74) is 1.42. The Hall–Kier alpha value is -0.980. The summed E-state index contributed by atoms with van der Waals surface area (Å²) < 4.78 is 0. The van der Waals surface area contributed by atoms with E-state index in [1.807, 2.05) is 6.20 Å². The van der Waals surface area contributed by atoms with Crippen LogP contribution in [0.15, 0.2) is 36.1 Å². The molecule has 0 aromatic rings. The topological polar surface area (TPSA) is 12.0 Å². The number of nitrogens with one attached hydrogen (secondary N) is 1. The van der Waals surface area contributed by atoms with E-state index in [0.717, 1.165) is 0 Å². The smallest absolute Gasteiger partial charge is 0.0511 e. The second-order valence-corrected chi connectivity index (χ2v) is 2.72. The molecule has 1 aliphatic heterocycles. The van der Waals surface area contributed by atoms with Crippen LogP contribution in [0.25, 0.3) is 0 Å². The van der Waals surface area contributed by atoms with E-state index in [0.29, 0.717) is 6.04 Å². The SMILES string of the molecule is C1=CNC2CCC=CC2=C1. The minimum atomic E-state index is 0.593. The van der Waals surface area contributed by atoms with E-state index in [-0.39, 0.29) is 0 Å². The Morgan fingerprint density at radius 2 is 2.50 bits per heavy atom. The van der Waals surface area contributed by atoms with Gasteiger partial charge in [-0.25, -0.2) is 0 Å². The molecule has 1 unspecified atom stereocenters. The van der Waals surface area contributed by atoms with Crippen LogP contribution >= 0.6 is 0 Å². The van der Waals surface area contributed by atoms with Crippen molar-refractivity contribution >= 4 is 0 Å². The number of rotatable bonds is 0. The summed E-state index contributed by atoms with van der Waals surface area (Å²) in [5.74, 6) is 0. The molecule has 0 spiro atoms. The third kappa shape index (κ3) is 0.878. The third-order valence-electron chi connectivity index (χ3n) is 2.02. The Morgan fingerprint density at radius 3 is 3.40 bits per heavy atom. The van der Waals surface area contributed by atoms with Crippen molar-refractivity contribution in [1.29, 1.82) is 0 Å². The lowest BCUT2D eigenvalue weighted by Gasteiger charge is -2.23. The molecule has 1 atom stereocenters. The van der Waals surface area contributed by atoms with Gasteiger partial charge in [-0.15, -0.1) is 0 Å². The third-order valence-corrected chi connectivity index (χ3v) is 2.02. The maximum absolute atomic E-state index is 3.32. The first-order valence-corrected chi connectivity index (χ1v) is 3.76. The van der Waals surface area contributed by atoms with Gasteiger partial charge in [0, 0.05) is 0 Å². The minimum absolute atomic E-state index is 0.593. The van der Waals surface area contributed by atoms with Gasteiger partial charge in [-0.3, -0.25) is 0 Å². The van der Waals surface area contributed by atoms with Crippen LogP contribution in [0.5, 0.6) is 0 Å². The van der Waals surface area contributed by atoms with Gasteiger partial charge in [-0.2, -0.15) is 0 Å². The average Bonchev–Trinajstić information content (AvgIpc) is 2.05. The molecule has 52 valence electrons. The van der Waals surface area contributed by atoms with E-state index >= 15 is 0 Å². The van der Waals surface area contributed by atoms with Gasteiger partial charge < -0.3 is 5.32 Å². The molecule has 1 heterocycles. The molecule has 10 heavy (non-hydrogen) atoms. The molecule has 0 aromatic carbocycles. The number of allylic oxidation sites excluding steroid dienone is 3. The summed E-state index contributed by atoms with van der Waals surface area (Å²) in [7, 11) is 0. The van der Waals surface area contributed by atoms with E-state index in [2.05, 4.69) is 29.6 Å².